The SMILES string of the molecule is Cn1nc(-c2ccccn2)cc1CO. The smallest absolute Gasteiger partial charge is 0.111 e. The van der Waals surface area contributed by atoms with Crippen LogP contribution < -0.4 is 0 Å². The Bertz CT molecular complexity index is 422. The largest absolute Gasteiger partial charge is 0.390 e. The van der Waals surface area contributed by atoms with Crippen LogP contribution >= 0.6 is 0 Å². The first-order valence-electron chi connectivity index (χ1n) is 4.36. The van der Waals surface area contributed by atoms with Crippen molar-refractivity contribution < 1.29 is 5.11 Å². The van der Waals surface area contributed by atoms with Crippen LogP contribution in [0.3, 0.4) is 0 Å². The third-order valence-corrected chi connectivity index (χ3v) is 2.07. The highest BCUT2D eigenvalue weighted by molar-refractivity contribution is 5.53. The summed E-state index contributed by atoms with van der Waals surface area (Å²) in [6.07, 6.45) is 1.72. The zero-order chi connectivity index (χ0) is 9.97. The lowest BCUT2D eigenvalue weighted by atomic mass is 10.2. The predicted molar refractivity (Wildman–Crippen MR) is 52.4 cm³/mol. The molecule has 0 aromatic carbocycles. The maximum absolute atomic E-state index is 9.00. The number of hydrogen-bond acceptors (Lipinski definition) is 3. The second-order valence-electron chi connectivity index (χ2n) is 3.02. The number of rotatable bonds is 2. The Morgan fingerprint density at radius 2 is 2.21 bits per heavy atom. The fourth-order valence-electron chi connectivity index (χ4n) is 1.29. The van der Waals surface area contributed by atoms with Crippen molar-refractivity contribution in [1.29, 1.82) is 0 Å². The Labute approximate surface area is 81.8 Å². The van der Waals surface area contributed by atoms with Crippen molar-refractivity contribution in [1.82, 2.24) is 14.8 Å². The van der Waals surface area contributed by atoms with E-state index in [2.05, 4.69) is 10.1 Å². The summed E-state index contributed by atoms with van der Waals surface area (Å²) in [6, 6.07) is 7.50. The van der Waals surface area contributed by atoms with Gasteiger partial charge in [-0.3, -0.25) is 9.67 Å². The van der Waals surface area contributed by atoms with Gasteiger partial charge in [0.2, 0.25) is 0 Å². The molecule has 0 bridgehead atoms. The number of nitrogens with zero attached hydrogens (tertiary/aromatic N) is 3. The van der Waals surface area contributed by atoms with E-state index in [9.17, 15) is 0 Å². The van der Waals surface area contributed by atoms with Crippen molar-refractivity contribution in [2.75, 3.05) is 0 Å². The van der Waals surface area contributed by atoms with Crippen LogP contribution in [-0.2, 0) is 13.7 Å². The number of aryl methyl sites for hydroxylation is 1. The third kappa shape index (κ3) is 1.52. The van der Waals surface area contributed by atoms with E-state index in [1.165, 1.54) is 0 Å². The summed E-state index contributed by atoms with van der Waals surface area (Å²) in [6.45, 7) is -0.00364. The van der Waals surface area contributed by atoms with Crippen LogP contribution in [0.2, 0.25) is 0 Å². The highest BCUT2D eigenvalue weighted by atomic mass is 16.3. The number of aliphatic hydroxyl groups excluding tert-OH is 1. The van der Waals surface area contributed by atoms with Crippen LogP contribution in [0, 0.1) is 0 Å². The second kappa shape index (κ2) is 3.59. The van der Waals surface area contributed by atoms with E-state index in [1.807, 2.05) is 24.3 Å². The summed E-state index contributed by atoms with van der Waals surface area (Å²) in [7, 11) is 1.80. The molecule has 72 valence electrons. The summed E-state index contributed by atoms with van der Waals surface area (Å²) in [5, 5.41) is 13.2. The number of aromatic nitrogens is 3. The Hall–Kier alpha value is -1.68. The van der Waals surface area contributed by atoms with Crippen LogP contribution in [0.4, 0.5) is 0 Å². The standard InChI is InChI=1S/C10H11N3O/c1-13-8(7-14)6-10(12-13)9-4-2-3-5-11-9/h2-6,14H,7H2,1H3. The molecule has 1 N–H and O–H groups in total. The van der Waals surface area contributed by atoms with E-state index in [-0.39, 0.29) is 6.61 Å². The molecule has 0 amide bonds. The first-order chi connectivity index (χ1) is 6.81. The molecule has 0 aliphatic heterocycles. The van der Waals surface area contributed by atoms with Crippen molar-refractivity contribution in [2.45, 2.75) is 6.61 Å². The van der Waals surface area contributed by atoms with Crippen molar-refractivity contribution in [3.8, 4) is 11.4 Å². The van der Waals surface area contributed by atoms with E-state index < -0.39 is 0 Å². The van der Waals surface area contributed by atoms with Crippen LogP contribution in [0.1, 0.15) is 5.69 Å². The molecule has 2 rings (SSSR count). The Balaban J connectivity index is 2.43. The minimum absolute atomic E-state index is 0.00364. The van der Waals surface area contributed by atoms with Gasteiger partial charge in [-0.2, -0.15) is 5.10 Å². The lowest BCUT2D eigenvalue weighted by Gasteiger charge is -1.93. The van der Waals surface area contributed by atoms with E-state index >= 15 is 0 Å². The molecule has 0 spiro atoms. The van der Waals surface area contributed by atoms with E-state index in [0.717, 1.165) is 17.1 Å². The minimum Gasteiger partial charge on any atom is -0.390 e. The second-order valence-corrected chi connectivity index (χ2v) is 3.02. The van der Waals surface area contributed by atoms with E-state index in [1.54, 1.807) is 17.9 Å². The summed E-state index contributed by atoms with van der Waals surface area (Å²) in [5.41, 5.74) is 2.39. The van der Waals surface area contributed by atoms with E-state index in [0.29, 0.717) is 0 Å². The average Bonchev–Trinajstić information content (AvgIpc) is 2.61. The zero-order valence-corrected chi connectivity index (χ0v) is 7.88. The Morgan fingerprint density at radius 3 is 2.79 bits per heavy atom. The molecule has 0 saturated heterocycles. The molecule has 0 atom stereocenters. The van der Waals surface area contributed by atoms with Gasteiger partial charge in [0.05, 0.1) is 18.0 Å². The summed E-state index contributed by atoms with van der Waals surface area (Å²) < 4.78 is 1.66. The van der Waals surface area contributed by atoms with Crippen molar-refractivity contribution in [2.24, 2.45) is 7.05 Å². The normalized spacial score (nSPS) is 10.4. The molecule has 0 saturated carbocycles. The minimum atomic E-state index is -0.00364. The van der Waals surface area contributed by atoms with Gasteiger partial charge in [0.15, 0.2) is 0 Å². The van der Waals surface area contributed by atoms with Gasteiger partial charge in [0, 0.05) is 13.2 Å². The van der Waals surface area contributed by atoms with Crippen LogP contribution in [0.5, 0.6) is 0 Å². The van der Waals surface area contributed by atoms with Gasteiger partial charge in [0.25, 0.3) is 0 Å². The fraction of sp³-hybridized carbons (Fsp3) is 0.200. The highest BCUT2D eigenvalue weighted by Crippen LogP contribution is 2.15. The average molecular weight is 189 g/mol. The van der Waals surface area contributed by atoms with Gasteiger partial charge in [-0.15, -0.1) is 0 Å². The zero-order valence-electron chi connectivity index (χ0n) is 7.88. The van der Waals surface area contributed by atoms with Crippen molar-refractivity contribution in [3.05, 3.63) is 36.2 Å². The molecule has 2 heterocycles. The lowest BCUT2D eigenvalue weighted by molar-refractivity contribution is 0.270. The maximum Gasteiger partial charge on any atom is 0.111 e. The molecule has 0 aliphatic carbocycles. The van der Waals surface area contributed by atoms with Crippen molar-refractivity contribution >= 4 is 0 Å². The number of aliphatic hydroxyl groups is 1. The predicted octanol–water partition coefficient (Wildman–Crippen LogP) is 0.974. The maximum atomic E-state index is 9.00. The van der Waals surface area contributed by atoms with Gasteiger partial charge >= 0.3 is 0 Å². The van der Waals surface area contributed by atoms with Gasteiger partial charge < -0.3 is 5.11 Å². The van der Waals surface area contributed by atoms with Gasteiger partial charge in [-0.05, 0) is 18.2 Å². The first-order valence-corrected chi connectivity index (χ1v) is 4.36. The Morgan fingerprint density at radius 1 is 1.36 bits per heavy atom. The van der Waals surface area contributed by atoms with E-state index in [4.69, 9.17) is 5.11 Å². The molecule has 0 unspecified atom stereocenters. The first kappa shape index (κ1) is 8.90. The summed E-state index contributed by atoms with van der Waals surface area (Å²) in [4.78, 5) is 4.18. The van der Waals surface area contributed by atoms with Gasteiger partial charge in [0.1, 0.15) is 5.69 Å². The number of hydrogen-bond donors (Lipinski definition) is 1. The monoisotopic (exact) mass is 189 g/mol. The molecular weight excluding hydrogens is 178 g/mol. The highest BCUT2D eigenvalue weighted by Gasteiger charge is 2.06. The molecule has 14 heavy (non-hydrogen) atoms. The van der Waals surface area contributed by atoms with Crippen LogP contribution in [0.25, 0.3) is 11.4 Å². The topological polar surface area (TPSA) is 50.9 Å². The summed E-state index contributed by atoms with van der Waals surface area (Å²) >= 11 is 0. The summed E-state index contributed by atoms with van der Waals surface area (Å²) in [5.74, 6) is 0. The molecule has 2 aromatic heterocycles. The quantitative estimate of drug-likeness (QED) is 0.766. The Kier molecular flexibility index (Phi) is 2.28. The molecule has 2 aromatic rings. The fourth-order valence-corrected chi connectivity index (χ4v) is 1.29. The van der Waals surface area contributed by atoms with Gasteiger partial charge in [-0.1, -0.05) is 6.07 Å². The molecule has 0 radical (unpaired) electrons. The lowest BCUT2D eigenvalue weighted by Crippen LogP contribution is -1.96. The van der Waals surface area contributed by atoms with Crippen LogP contribution in [-0.4, -0.2) is 19.9 Å². The molecular formula is C10H11N3O. The number of pyridine rings is 1. The third-order valence-electron chi connectivity index (χ3n) is 2.07. The molecule has 0 fully saturated rings. The molecule has 4 nitrogen and oxygen atoms in total. The van der Waals surface area contributed by atoms with Crippen LogP contribution in [0.15, 0.2) is 30.5 Å². The molecule has 0 aliphatic rings. The van der Waals surface area contributed by atoms with Gasteiger partial charge in [-0.25, -0.2) is 0 Å². The molecule has 4 heteroatoms. The van der Waals surface area contributed by atoms with Crippen molar-refractivity contribution in [3.63, 3.8) is 0 Å².